The molecule has 0 saturated heterocycles. The molecule has 0 saturated carbocycles. The predicted octanol–water partition coefficient (Wildman–Crippen LogP) is 4.53. The van der Waals surface area contributed by atoms with E-state index in [0.29, 0.717) is 24.5 Å². The molecule has 1 aliphatic carbocycles. The van der Waals surface area contributed by atoms with Crippen molar-refractivity contribution in [1.29, 1.82) is 0 Å². The molecule has 0 aromatic carbocycles. The van der Waals surface area contributed by atoms with Crippen LogP contribution in [0, 0.1) is 5.92 Å². The topological polar surface area (TPSA) is 52.6 Å². The van der Waals surface area contributed by atoms with Crippen LogP contribution in [0.15, 0.2) is 11.3 Å². The van der Waals surface area contributed by atoms with E-state index in [-0.39, 0.29) is 5.97 Å². The SMILES string of the molecule is CCCCC1CC(=O)C(CCCCCCC(=O)OC)=C1O[SiH](C)C. The molecule has 0 aromatic heterocycles. The van der Waals surface area contributed by atoms with Gasteiger partial charge in [-0.05, 0) is 38.8 Å². The van der Waals surface area contributed by atoms with Crippen molar-refractivity contribution >= 4 is 20.8 Å². The van der Waals surface area contributed by atoms with Crippen molar-refractivity contribution in [2.75, 3.05) is 7.11 Å². The monoisotopic (exact) mass is 354 g/mol. The normalized spacial score (nSPS) is 17.7. The van der Waals surface area contributed by atoms with Crippen LogP contribution in [0.4, 0.5) is 0 Å². The fourth-order valence-corrected chi connectivity index (χ4v) is 4.06. The minimum Gasteiger partial charge on any atom is -0.549 e. The maximum absolute atomic E-state index is 12.4. The second-order valence-corrected chi connectivity index (χ2v) is 9.30. The lowest BCUT2D eigenvalue weighted by Crippen LogP contribution is -2.13. The Morgan fingerprint density at radius 2 is 1.88 bits per heavy atom. The van der Waals surface area contributed by atoms with Crippen molar-refractivity contribution in [3.05, 3.63) is 11.3 Å². The number of unbranched alkanes of at least 4 members (excludes halogenated alkanes) is 4. The van der Waals surface area contributed by atoms with E-state index in [4.69, 9.17) is 4.43 Å². The van der Waals surface area contributed by atoms with E-state index in [2.05, 4.69) is 24.8 Å². The number of methoxy groups -OCH3 is 1. The van der Waals surface area contributed by atoms with E-state index in [9.17, 15) is 9.59 Å². The number of allylic oxidation sites excluding steroid dienone is 2. The van der Waals surface area contributed by atoms with Crippen molar-refractivity contribution in [3.63, 3.8) is 0 Å². The maximum Gasteiger partial charge on any atom is 0.305 e. The molecular formula is C19H34O4Si. The maximum atomic E-state index is 12.4. The molecule has 0 fully saturated rings. The lowest BCUT2D eigenvalue weighted by Gasteiger charge is -2.19. The number of hydrogen-bond acceptors (Lipinski definition) is 4. The number of rotatable bonds is 12. The Morgan fingerprint density at radius 1 is 1.17 bits per heavy atom. The summed E-state index contributed by atoms with van der Waals surface area (Å²) >= 11 is 0. The number of ether oxygens (including phenoxy) is 1. The van der Waals surface area contributed by atoms with Crippen molar-refractivity contribution in [2.24, 2.45) is 5.92 Å². The molecule has 1 unspecified atom stereocenters. The smallest absolute Gasteiger partial charge is 0.305 e. The van der Waals surface area contributed by atoms with E-state index in [0.717, 1.165) is 62.7 Å². The van der Waals surface area contributed by atoms with Gasteiger partial charge in [-0.15, -0.1) is 0 Å². The van der Waals surface area contributed by atoms with E-state index in [1.54, 1.807) is 0 Å². The molecule has 0 heterocycles. The van der Waals surface area contributed by atoms with Gasteiger partial charge in [-0.3, -0.25) is 9.59 Å². The quantitative estimate of drug-likeness (QED) is 0.293. The van der Waals surface area contributed by atoms with Crippen molar-refractivity contribution in [2.45, 2.75) is 84.2 Å². The van der Waals surface area contributed by atoms with Crippen molar-refractivity contribution in [1.82, 2.24) is 0 Å². The van der Waals surface area contributed by atoms with Gasteiger partial charge < -0.3 is 9.16 Å². The lowest BCUT2D eigenvalue weighted by molar-refractivity contribution is -0.140. The third-order valence-corrected chi connectivity index (χ3v) is 5.22. The summed E-state index contributed by atoms with van der Waals surface area (Å²) in [6.07, 6.45) is 9.26. The van der Waals surface area contributed by atoms with Crippen LogP contribution < -0.4 is 0 Å². The first-order valence-corrected chi connectivity index (χ1v) is 12.3. The van der Waals surface area contributed by atoms with E-state index < -0.39 is 9.04 Å². The Labute approximate surface area is 148 Å². The lowest BCUT2D eigenvalue weighted by atomic mass is 10.0. The third kappa shape index (κ3) is 7.20. The first-order valence-electron chi connectivity index (χ1n) is 9.49. The molecule has 1 atom stereocenters. The summed E-state index contributed by atoms with van der Waals surface area (Å²) < 4.78 is 10.8. The van der Waals surface area contributed by atoms with Crippen LogP contribution in [0.3, 0.4) is 0 Å². The second kappa shape index (κ2) is 11.5. The number of carbonyl (C=O) groups is 2. The molecule has 1 aliphatic rings. The summed E-state index contributed by atoms with van der Waals surface area (Å²) in [7, 11) is 0.235. The summed E-state index contributed by atoms with van der Waals surface area (Å²) in [5.41, 5.74) is 0.963. The number of ketones is 1. The Balaban J connectivity index is 2.50. The van der Waals surface area contributed by atoms with Gasteiger partial charge in [0.05, 0.1) is 12.9 Å². The Bertz CT molecular complexity index is 443. The van der Waals surface area contributed by atoms with Gasteiger partial charge in [-0.2, -0.15) is 0 Å². The fraction of sp³-hybridized carbons (Fsp3) is 0.789. The summed E-state index contributed by atoms with van der Waals surface area (Å²) in [5, 5.41) is 0. The molecular weight excluding hydrogens is 320 g/mol. The molecule has 0 radical (unpaired) electrons. The fourth-order valence-electron chi connectivity index (χ4n) is 3.22. The van der Waals surface area contributed by atoms with E-state index in [1.165, 1.54) is 7.11 Å². The number of carbonyl (C=O) groups excluding carboxylic acids is 2. The average molecular weight is 355 g/mol. The molecule has 1 rings (SSSR count). The van der Waals surface area contributed by atoms with E-state index in [1.807, 2.05) is 0 Å². The Kier molecular flexibility index (Phi) is 9.99. The van der Waals surface area contributed by atoms with Gasteiger partial charge in [0.2, 0.25) is 9.04 Å². The summed E-state index contributed by atoms with van der Waals surface area (Å²) in [6.45, 7) is 6.52. The summed E-state index contributed by atoms with van der Waals surface area (Å²) in [4.78, 5) is 23.5. The summed E-state index contributed by atoms with van der Waals surface area (Å²) in [6, 6.07) is 0. The molecule has 0 amide bonds. The van der Waals surface area contributed by atoms with Crippen LogP contribution in [0.25, 0.3) is 0 Å². The Hall–Kier alpha value is -1.10. The van der Waals surface area contributed by atoms with Crippen LogP contribution in [0.5, 0.6) is 0 Å². The minimum absolute atomic E-state index is 0.139. The zero-order chi connectivity index (χ0) is 17.9. The number of Topliss-reactive ketones (excluding diaryl/α,β-unsaturated/α-hetero) is 1. The third-order valence-electron chi connectivity index (χ3n) is 4.49. The zero-order valence-electron chi connectivity index (χ0n) is 15.9. The largest absolute Gasteiger partial charge is 0.549 e. The molecule has 0 N–H and O–H groups in total. The van der Waals surface area contributed by atoms with Gasteiger partial charge in [-0.1, -0.05) is 32.6 Å². The van der Waals surface area contributed by atoms with E-state index >= 15 is 0 Å². The molecule has 0 bridgehead atoms. The molecule has 138 valence electrons. The molecule has 0 aliphatic heterocycles. The second-order valence-electron chi connectivity index (χ2n) is 6.97. The van der Waals surface area contributed by atoms with Gasteiger partial charge in [0.1, 0.15) is 0 Å². The van der Waals surface area contributed by atoms with Gasteiger partial charge in [-0.25, -0.2) is 0 Å². The van der Waals surface area contributed by atoms with Gasteiger partial charge in [0.25, 0.3) is 0 Å². The van der Waals surface area contributed by atoms with Crippen molar-refractivity contribution < 1.29 is 18.8 Å². The highest BCUT2D eigenvalue weighted by Crippen LogP contribution is 2.36. The van der Waals surface area contributed by atoms with Crippen LogP contribution >= 0.6 is 0 Å². The average Bonchev–Trinajstić information content (AvgIpc) is 2.83. The van der Waals surface area contributed by atoms with Gasteiger partial charge >= 0.3 is 5.97 Å². The highest BCUT2D eigenvalue weighted by molar-refractivity contribution is 6.48. The van der Waals surface area contributed by atoms with Crippen LogP contribution in [-0.2, 0) is 18.8 Å². The number of esters is 1. The molecule has 24 heavy (non-hydrogen) atoms. The first kappa shape index (κ1) is 20.9. The van der Waals surface area contributed by atoms with Crippen LogP contribution in [0.1, 0.15) is 71.1 Å². The van der Waals surface area contributed by atoms with Gasteiger partial charge in [0.15, 0.2) is 5.78 Å². The highest BCUT2D eigenvalue weighted by atomic mass is 28.3. The zero-order valence-corrected chi connectivity index (χ0v) is 17.0. The first-order chi connectivity index (χ1) is 11.5. The van der Waals surface area contributed by atoms with Crippen LogP contribution in [-0.4, -0.2) is 27.9 Å². The molecule has 0 aromatic rings. The van der Waals surface area contributed by atoms with Crippen LogP contribution in [0.2, 0.25) is 13.1 Å². The summed E-state index contributed by atoms with van der Waals surface area (Å²) in [5.74, 6) is 1.52. The highest BCUT2D eigenvalue weighted by Gasteiger charge is 2.33. The molecule has 5 heteroatoms. The predicted molar refractivity (Wildman–Crippen MR) is 99.3 cm³/mol. The molecule has 4 nitrogen and oxygen atoms in total. The number of hydrogen-bond donors (Lipinski definition) is 0. The van der Waals surface area contributed by atoms with Crippen molar-refractivity contribution in [3.8, 4) is 0 Å². The molecule has 0 spiro atoms. The minimum atomic E-state index is -1.19. The standard InChI is InChI=1S/C19H34O4Si/c1-5-6-11-15-14-17(20)16(19(15)23-24(3)4)12-9-7-8-10-13-18(21)22-2/h15,24H,5-14H2,1-4H3. The van der Waals surface area contributed by atoms with Gasteiger partial charge in [0, 0.05) is 24.3 Å². The Morgan fingerprint density at radius 3 is 2.50 bits per heavy atom.